The number of cyclic esters (lactones) is 1. The Labute approximate surface area is 115 Å². The number of halogens is 1. The Morgan fingerprint density at radius 3 is 2.95 bits per heavy atom. The lowest BCUT2D eigenvalue weighted by molar-refractivity contribution is 0.103. The van der Waals surface area contributed by atoms with Gasteiger partial charge in [-0.15, -0.1) is 0 Å². The molecule has 0 bridgehead atoms. The van der Waals surface area contributed by atoms with Gasteiger partial charge >= 0.3 is 6.09 Å². The first-order chi connectivity index (χ1) is 9.13. The number of carbonyl (C=O) groups excluding carboxylic acids is 1. The van der Waals surface area contributed by atoms with Gasteiger partial charge in [0.1, 0.15) is 6.61 Å². The minimum Gasteiger partial charge on any atom is -0.493 e. The summed E-state index contributed by atoms with van der Waals surface area (Å²) in [6.07, 6.45) is -0.755. The van der Waals surface area contributed by atoms with Gasteiger partial charge in [-0.2, -0.15) is 0 Å². The Kier molecular flexibility index (Phi) is 4.34. The smallest absolute Gasteiger partial charge is 0.407 e. The number of carbonyl (C=O) groups is 1. The van der Waals surface area contributed by atoms with Gasteiger partial charge in [0.25, 0.3) is 0 Å². The van der Waals surface area contributed by atoms with E-state index < -0.39 is 6.09 Å². The summed E-state index contributed by atoms with van der Waals surface area (Å²) < 4.78 is 15.9. The number of methoxy groups -OCH3 is 1. The molecule has 1 amide bonds. The SMILES string of the molecule is COc1cc(Cl)cc(CN)c1OCC1CNC(=O)O1. The summed E-state index contributed by atoms with van der Waals surface area (Å²) in [5, 5.41) is 3.08. The molecule has 2 rings (SSSR count). The van der Waals surface area contributed by atoms with Crippen molar-refractivity contribution in [3.8, 4) is 11.5 Å². The number of benzene rings is 1. The van der Waals surface area contributed by atoms with Gasteiger partial charge in [-0.25, -0.2) is 4.79 Å². The first-order valence-electron chi connectivity index (χ1n) is 5.77. The molecule has 104 valence electrons. The minimum absolute atomic E-state index is 0.226. The van der Waals surface area contributed by atoms with E-state index in [-0.39, 0.29) is 19.3 Å². The van der Waals surface area contributed by atoms with Crippen LogP contribution in [0.25, 0.3) is 0 Å². The van der Waals surface area contributed by atoms with Crippen molar-refractivity contribution >= 4 is 17.7 Å². The standard InChI is InChI=1S/C12H15ClN2O4/c1-17-10-3-8(13)2-7(4-14)11(10)18-6-9-5-15-12(16)19-9/h2-3,9H,4-6,14H2,1H3,(H,15,16). The van der Waals surface area contributed by atoms with Gasteiger partial charge in [0.05, 0.1) is 13.7 Å². The molecule has 6 nitrogen and oxygen atoms in total. The second kappa shape index (κ2) is 5.99. The van der Waals surface area contributed by atoms with Crippen molar-refractivity contribution in [3.05, 3.63) is 22.7 Å². The molecule has 0 aromatic heterocycles. The first kappa shape index (κ1) is 13.8. The Morgan fingerprint density at radius 2 is 2.37 bits per heavy atom. The quantitative estimate of drug-likeness (QED) is 0.852. The van der Waals surface area contributed by atoms with Crippen molar-refractivity contribution in [2.24, 2.45) is 5.73 Å². The summed E-state index contributed by atoms with van der Waals surface area (Å²) in [6, 6.07) is 3.37. The zero-order valence-electron chi connectivity index (χ0n) is 10.4. The summed E-state index contributed by atoms with van der Waals surface area (Å²) in [5.41, 5.74) is 6.39. The fourth-order valence-electron chi connectivity index (χ4n) is 1.79. The molecule has 1 aromatic carbocycles. The minimum atomic E-state index is -0.435. The lowest BCUT2D eigenvalue weighted by atomic mass is 10.2. The van der Waals surface area contributed by atoms with Crippen LogP contribution in [0.3, 0.4) is 0 Å². The molecule has 1 unspecified atom stereocenters. The van der Waals surface area contributed by atoms with E-state index in [1.54, 1.807) is 12.1 Å². The van der Waals surface area contributed by atoms with E-state index in [0.29, 0.717) is 23.1 Å². The predicted octanol–water partition coefficient (Wildman–Crippen LogP) is 1.29. The molecule has 7 heteroatoms. The molecule has 1 aromatic rings. The number of hydrogen-bond donors (Lipinski definition) is 2. The Bertz CT molecular complexity index is 456. The van der Waals surface area contributed by atoms with E-state index in [2.05, 4.69) is 5.32 Å². The monoisotopic (exact) mass is 286 g/mol. The number of nitrogens with one attached hydrogen (secondary N) is 1. The molecule has 1 aliphatic rings. The van der Waals surface area contributed by atoms with Crippen molar-refractivity contribution in [2.45, 2.75) is 12.6 Å². The Morgan fingerprint density at radius 1 is 1.58 bits per heavy atom. The lowest BCUT2D eigenvalue weighted by Crippen LogP contribution is -2.22. The zero-order valence-corrected chi connectivity index (χ0v) is 11.2. The molecule has 19 heavy (non-hydrogen) atoms. The van der Waals surface area contributed by atoms with Gasteiger partial charge in [-0.3, -0.25) is 0 Å². The van der Waals surface area contributed by atoms with Crippen LogP contribution in [-0.4, -0.2) is 32.5 Å². The van der Waals surface area contributed by atoms with Crippen LogP contribution in [0.15, 0.2) is 12.1 Å². The molecule has 0 saturated carbocycles. The van der Waals surface area contributed by atoms with Crippen LogP contribution in [-0.2, 0) is 11.3 Å². The van der Waals surface area contributed by atoms with Crippen molar-refractivity contribution in [1.29, 1.82) is 0 Å². The third-order valence-corrected chi connectivity index (χ3v) is 2.92. The third-order valence-electron chi connectivity index (χ3n) is 2.70. The molecule has 3 N–H and O–H groups in total. The maximum atomic E-state index is 10.9. The molecule has 1 saturated heterocycles. The van der Waals surface area contributed by atoms with Crippen LogP contribution in [0, 0.1) is 0 Å². The van der Waals surface area contributed by atoms with Crippen molar-refractivity contribution < 1.29 is 19.0 Å². The molecule has 0 radical (unpaired) electrons. The molecule has 1 atom stereocenters. The third kappa shape index (κ3) is 3.21. The van der Waals surface area contributed by atoms with Crippen molar-refractivity contribution in [3.63, 3.8) is 0 Å². The van der Waals surface area contributed by atoms with Crippen LogP contribution in [0.5, 0.6) is 11.5 Å². The second-order valence-corrected chi connectivity index (χ2v) is 4.46. The van der Waals surface area contributed by atoms with Gasteiger partial charge in [0, 0.05) is 23.2 Å². The highest BCUT2D eigenvalue weighted by molar-refractivity contribution is 6.30. The van der Waals surface area contributed by atoms with Gasteiger partial charge in [0.2, 0.25) is 0 Å². The molecule has 1 aliphatic heterocycles. The fourth-order valence-corrected chi connectivity index (χ4v) is 2.02. The second-order valence-electron chi connectivity index (χ2n) is 4.02. The van der Waals surface area contributed by atoms with Crippen molar-refractivity contribution in [2.75, 3.05) is 20.3 Å². The Hall–Kier alpha value is -1.66. The van der Waals surface area contributed by atoms with E-state index in [9.17, 15) is 4.79 Å². The highest BCUT2D eigenvalue weighted by atomic mass is 35.5. The van der Waals surface area contributed by atoms with E-state index in [1.807, 2.05) is 0 Å². The largest absolute Gasteiger partial charge is 0.493 e. The molecule has 0 spiro atoms. The maximum Gasteiger partial charge on any atom is 0.407 e. The summed E-state index contributed by atoms with van der Waals surface area (Å²) in [7, 11) is 1.52. The summed E-state index contributed by atoms with van der Waals surface area (Å²) in [5.74, 6) is 1.03. The summed E-state index contributed by atoms with van der Waals surface area (Å²) in [6.45, 7) is 0.922. The van der Waals surface area contributed by atoms with Gasteiger partial charge in [0.15, 0.2) is 17.6 Å². The number of nitrogens with two attached hydrogens (primary N) is 1. The summed E-state index contributed by atoms with van der Waals surface area (Å²) in [4.78, 5) is 10.9. The van der Waals surface area contributed by atoms with Crippen molar-refractivity contribution in [1.82, 2.24) is 5.32 Å². The number of alkyl carbamates (subject to hydrolysis) is 1. The number of hydrogen-bond acceptors (Lipinski definition) is 5. The van der Waals surface area contributed by atoms with Crippen LogP contribution in [0.4, 0.5) is 4.79 Å². The predicted molar refractivity (Wildman–Crippen MR) is 69.7 cm³/mol. The molecule has 1 heterocycles. The van der Waals surface area contributed by atoms with Crippen LogP contribution >= 0.6 is 11.6 Å². The molecule has 0 aliphatic carbocycles. The van der Waals surface area contributed by atoms with Gasteiger partial charge in [-0.05, 0) is 6.07 Å². The van der Waals surface area contributed by atoms with E-state index in [0.717, 1.165) is 5.56 Å². The van der Waals surface area contributed by atoms with Crippen LogP contribution < -0.4 is 20.5 Å². The normalized spacial score (nSPS) is 17.8. The Balaban J connectivity index is 2.11. The number of rotatable bonds is 5. The zero-order chi connectivity index (χ0) is 13.8. The molecular formula is C12H15ClN2O4. The lowest BCUT2D eigenvalue weighted by Gasteiger charge is -2.16. The van der Waals surface area contributed by atoms with E-state index in [4.69, 9.17) is 31.5 Å². The topological polar surface area (TPSA) is 82.8 Å². The van der Waals surface area contributed by atoms with Gasteiger partial charge < -0.3 is 25.3 Å². The van der Waals surface area contributed by atoms with Gasteiger partial charge in [-0.1, -0.05) is 11.6 Å². The average Bonchev–Trinajstić information content (AvgIpc) is 2.81. The van der Waals surface area contributed by atoms with E-state index in [1.165, 1.54) is 7.11 Å². The maximum absolute atomic E-state index is 10.9. The number of ether oxygens (including phenoxy) is 3. The fraction of sp³-hybridized carbons (Fsp3) is 0.417. The van der Waals surface area contributed by atoms with Crippen LogP contribution in [0.2, 0.25) is 5.02 Å². The summed E-state index contributed by atoms with van der Waals surface area (Å²) >= 11 is 5.96. The molecule has 1 fully saturated rings. The first-order valence-corrected chi connectivity index (χ1v) is 6.15. The number of amides is 1. The van der Waals surface area contributed by atoms with Crippen LogP contribution in [0.1, 0.15) is 5.56 Å². The molecular weight excluding hydrogens is 272 g/mol. The van der Waals surface area contributed by atoms with E-state index >= 15 is 0 Å². The average molecular weight is 287 g/mol. The highest BCUT2D eigenvalue weighted by Crippen LogP contribution is 2.34. The highest BCUT2D eigenvalue weighted by Gasteiger charge is 2.24.